The summed E-state index contributed by atoms with van der Waals surface area (Å²) in [4.78, 5) is 13.1. The normalized spacial score (nSPS) is 26.2. The predicted molar refractivity (Wildman–Crippen MR) is 281 cm³/mol. The minimum Gasteiger partial charge on any atom is -0.394 e. The number of nitrogens with one attached hydrogen (secondary N) is 1. The Balaban J connectivity index is 1.59. The molecule has 9 N–H and O–H groups in total. The summed E-state index contributed by atoms with van der Waals surface area (Å²) < 4.78 is 22.7. The largest absolute Gasteiger partial charge is 0.394 e. The van der Waals surface area contributed by atoms with Crippen LogP contribution in [0.15, 0.2) is 60.8 Å². The minimum atomic E-state index is -1.78. The second-order valence-corrected chi connectivity index (χ2v) is 19.7. The SMILES string of the molecule is CC/C=C\C/C=C\C/C=C\C/C=C\C/C=C\CCCCCCCCCCCCCCCCCC(=O)NC(COC1OC(CO)C(OC2OC(CO)C(O)C(O)C2O)C(O)C1O)C(O)CCCCCCCC. The molecule has 0 radical (unpaired) electrons. The summed E-state index contributed by atoms with van der Waals surface area (Å²) in [6.45, 7) is 2.66. The van der Waals surface area contributed by atoms with Crippen molar-refractivity contribution in [2.75, 3.05) is 19.8 Å². The maximum absolute atomic E-state index is 13.1. The van der Waals surface area contributed by atoms with E-state index in [1.807, 2.05) is 0 Å². The van der Waals surface area contributed by atoms with Gasteiger partial charge in [0.25, 0.3) is 0 Å². The van der Waals surface area contributed by atoms with E-state index in [0.717, 1.165) is 96.3 Å². The van der Waals surface area contributed by atoms with Gasteiger partial charge in [0.1, 0.15) is 48.8 Å². The average Bonchev–Trinajstić information content (AvgIpc) is 3.37. The molecule has 12 atom stereocenters. The highest BCUT2D eigenvalue weighted by Crippen LogP contribution is 2.30. The topological polar surface area (TPSA) is 228 Å². The molecule has 14 nitrogen and oxygen atoms in total. The van der Waals surface area contributed by atoms with E-state index in [9.17, 15) is 45.6 Å². The highest BCUT2D eigenvalue weighted by Gasteiger charge is 2.51. The van der Waals surface area contributed by atoms with Gasteiger partial charge in [-0.25, -0.2) is 0 Å². The van der Waals surface area contributed by atoms with E-state index < -0.39 is 86.8 Å². The molecule has 1 amide bonds. The maximum Gasteiger partial charge on any atom is 0.220 e. The van der Waals surface area contributed by atoms with Crippen molar-refractivity contribution < 1.29 is 64.6 Å². The number of hydrogen-bond acceptors (Lipinski definition) is 13. The number of ether oxygens (including phenoxy) is 4. The Morgan fingerprint density at radius 2 is 0.972 bits per heavy atom. The lowest BCUT2D eigenvalue weighted by molar-refractivity contribution is -0.359. The zero-order chi connectivity index (χ0) is 51.7. The van der Waals surface area contributed by atoms with E-state index in [-0.39, 0.29) is 12.5 Å². The van der Waals surface area contributed by atoms with E-state index in [2.05, 4.69) is 79.9 Å². The van der Waals surface area contributed by atoms with Crippen molar-refractivity contribution in [3.8, 4) is 0 Å². The number of amides is 1. The minimum absolute atomic E-state index is 0.215. The second kappa shape index (κ2) is 43.0. The van der Waals surface area contributed by atoms with Crippen LogP contribution in [0.3, 0.4) is 0 Å². The highest BCUT2D eigenvalue weighted by molar-refractivity contribution is 5.76. The van der Waals surface area contributed by atoms with Crippen molar-refractivity contribution in [1.29, 1.82) is 0 Å². The lowest BCUT2D eigenvalue weighted by atomic mass is 9.97. The van der Waals surface area contributed by atoms with E-state index in [1.165, 1.54) is 77.0 Å². The second-order valence-electron chi connectivity index (χ2n) is 19.7. The van der Waals surface area contributed by atoms with Gasteiger partial charge in [-0.2, -0.15) is 0 Å². The third-order valence-electron chi connectivity index (χ3n) is 13.5. The number of aliphatic hydroxyl groups excluding tert-OH is 8. The van der Waals surface area contributed by atoms with Gasteiger partial charge in [0.2, 0.25) is 5.91 Å². The summed E-state index contributed by atoms with van der Waals surface area (Å²) in [5, 5.41) is 86.6. The first-order valence-corrected chi connectivity index (χ1v) is 28.0. The summed E-state index contributed by atoms with van der Waals surface area (Å²) >= 11 is 0. The summed E-state index contributed by atoms with van der Waals surface area (Å²) in [5.74, 6) is -0.215. The average molecular weight is 1010 g/mol. The van der Waals surface area contributed by atoms with Crippen molar-refractivity contribution in [2.45, 2.75) is 274 Å². The third kappa shape index (κ3) is 29.4. The number of unbranched alkanes of at least 4 members (excludes halogenated alkanes) is 20. The lowest BCUT2D eigenvalue weighted by Gasteiger charge is -2.46. The summed E-state index contributed by atoms with van der Waals surface area (Å²) in [5.41, 5.74) is 0. The van der Waals surface area contributed by atoms with Gasteiger partial charge < -0.3 is 65.1 Å². The van der Waals surface area contributed by atoms with Crippen LogP contribution in [0.25, 0.3) is 0 Å². The van der Waals surface area contributed by atoms with Gasteiger partial charge >= 0.3 is 0 Å². The van der Waals surface area contributed by atoms with Crippen molar-refractivity contribution in [2.24, 2.45) is 0 Å². The molecule has 2 aliphatic heterocycles. The van der Waals surface area contributed by atoms with Crippen LogP contribution in [0.4, 0.5) is 0 Å². The molecule has 0 saturated carbocycles. The van der Waals surface area contributed by atoms with E-state index >= 15 is 0 Å². The van der Waals surface area contributed by atoms with Gasteiger partial charge in [-0.1, -0.05) is 197 Å². The first-order valence-electron chi connectivity index (χ1n) is 28.0. The fourth-order valence-corrected chi connectivity index (χ4v) is 8.97. The monoisotopic (exact) mass is 1010 g/mol. The lowest BCUT2D eigenvalue weighted by Crippen LogP contribution is -2.65. The van der Waals surface area contributed by atoms with Crippen LogP contribution in [-0.2, 0) is 23.7 Å². The quantitative estimate of drug-likeness (QED) is 0.0206. The molecule has 0 aliphatic carbocycles. The third-order valence-corrected chi connectivity index (χ3v) is 13.5. The van der Waals surface area contributed by atoms with Gasteiger partial charge in [0.15, 0.2) is 12.6 Å². The van der Waals surface area contributed by atoms with E-state index in [4.69, 9.17) is 18.9 Å². The van der Waals surface area contributed by atoms with Crippen molar-refractivity contribution in [3.63, 3.8) is 0 Å². The Morgan fingerprint density at radius 1 is 0.521 bits per heavy atom. The molecule has 412 valence electrons. The van der Waals surface area contributed by atoms with E-state index in [1.54, 1.807) is 0 Å². The summed E-state index contributed by atoms with van der Waals surface area (Å²) in [6, 6.07) is -0.826. The first-order chi connectivity index (χ1) is 34.6. The number of hydrogen-bond donors (Lipinski definition) is 9. The Kier molecular flexibility index (Phi) is 39.2. The molecular weight excluding hydrogens is 907 g/mol. The molecule has 71 heavy (non-hydrogen) atoms. The molecule has 0 aromatic heterocycles. The Bertz CT molecular complexity index is 1420. The molecule has 12 unspecified atom stereocenters. The Hall–Kier alpha value is -2.31. The van der Waals surface area contributed by atoms with Crippen LogP contribution in [0, 0.1) is 0 Å². The highest BCUT2D eigenvalue weighted by atomic mass is 16.7. The molecule has 2 rings (SSSR count). The fourth-order valence-electron chi connectivity index (χ4n) is 8.97. The number of carbonyl (C=O) groups is 1. The summed E-state index contributed by atoms with van der Waals surface area (Å²) in [6.07, 6.45) is 37.1. The molecule has 14 heteroatoms. The molecule has 2 fully saturated rings. The van der Waals surface area contributed by atoms with Crippen LogP contribution in [0.2, 0.25) is 0 Å². The van der Waals surface area contributed by atoms with Gasteiger partial charge in [-0.3, -0.25) is 4.79 Å². The van der Waals surface area contributed by atoms with Gasteiger partial charge in [0.05, 0.1) is 32.0 Å². The number of aliphatic hydroxyl groups is 8. The molecule has 0 bridgehead atoms. The molecule has 0 spiro atoms. The van der Waals surface area contributed by atoms with Gasteiger partial charge in [-0.15, -0.1) is 0 Å². The Morgan fingerprint density at radius 3 is 1.49 bits per heavy atom. The number of carbonyl (C=O) groups excluding carboxylic acids is 1. The zero-order valence-corrected chi connectivity index (χ0v) is 43.9. The van der Waals surface area contributed by atoms with Crippen LogP contribution in [0.5, 0.6) is 0 Å². The predicted octanol–water partition coefficient (Wildman–Crippen LogP) is 8.61. The van der Waals surface area contributed by atoms with Crippen LogP contribution in [0.1, 0.15) is 200 Å². The number of rotatable bonds is 43. The molecular formula is C57H101NO13. The molecule has 0 aromatic rings. The summed E-state index contributed by atoms with van der Waals surface area (Å²) in [7, 11) is 0. The fraction of sp³-hybridized carbons (Fsp3) is 0.807. The smallest absolute Gasteiger partial charge is 0.220 e. The molecule has 0 aromatic carbocycles. The van der Waals surface area contributed by atoms with Crippen molar-refractivity contribution in [3.05, 3.63) is 60.8 Å². The van der Waals surface area contributed by atoms with Crippen LogP contribution < -0.4 is 5.32 Å². The van der Waals surface area contributed by atoms with Gasteiger partial charge in [0, 0.05) is 6.42 Å². The number of allylic oxidation sites excluding steroid dienone is 10. The van der Waals surface area contributed by atoms with E-state index in [0.29, 0.717) is 12.8 Å². The van der Waals surface area contributed by atoms with Crippen LogP contribution >= 0.6 is 0 Å². The standard InChI is InChI=1S/C57H101NO13/c1-3-5-7-9-11-12-13-14-15-16-17-18-19-20-21-22-23-24-25-26-27-28-29-30-31-32-33-34-35-37-39-41-49(62)58-45(46(61)40-38-36-10-8-6-4-2)44-68-56-54(67)52(65)55(48(43-60)70-56)71-57-53(66)51(64)50(63)47(42-59)69-57/h5,7,11-12,14-15,17-18,20-21,45-48,50-57,59-61,63-67H,3-4,6,8-10,13,16,19,22-44H2,1-2H3,(H,58,62)/b7-5-,12-11-,15-14-,18-17-,21-20-. The Labute approximate surface area is 428 Å². The van der Waals surface area contributed by atoms with Crippen LogP contribution in [-0.4, -0.2) is 140 Å². The maximum atomic E-state index is 13.1. The molecule has 2 heterocycles. The van der Waals surface area contributed by atoms with Crippen molar-refractivity contribution in [1.82, 2.24) is 5.32 Å². The molecule has 2 saturated heterocycles. The van der Waals surface area contributed by atoms with Crippen molar-refractivity contribution >= 4 is 5.91 Å². The molecule has 2 aliphatic rings. The first kappa shape index (κ1) is 64.8. The van der Waals surface area contributed by atoms with Gasteiger partial charge in [-0.05, 0) is 57.8 Å². The zero-order valence-electron chi connectivity index (χ0n) is 43.9.